The van der Waals surface area contributed by atoms with Gasteiger partial charge in [-0.15, -0.1) is 0 Å². The van der Waals surface area contributed by atoms with Crippen molar-refractivity contribution in [3.8, 4) is 5.75 Å². The summed E-state index contributed by atoms with van der Waals surface area (Å²) in [5, 5.41) is 2.98. The summed E-state index contributed by atoms with van der Waals surface area (Å²) in [6.45, 7) is 3.21. The van der Waals surface area contributed by atoms with E-state index in [1.165, 1.54) is 6.07 Å². The van der Waals surface area contributed by atoms with Gasteiger partial charge >= 0.3 is 0 Å². The van der Waals surface area contributed by atoms with Crippen LogP contribution in [0.4, 0.5) is 0 Å². The van der Waals surface area contributed by atoms with Crippen molar-refractivity contribution in [2.75, 3.05) is 32.6 Å². The predicted molar refractivity (Wildman–Crippen MR) is 111 cm³/mol. The van der Waals surface area contributed by atoms with Crippen molar-refractivity contribution in [1.29, 1.82) is 0 Å². The van der Waals surface area contributed by atoms with E-state index in [9.17, 15) is 13.2 Å². The van der Waals surface area contributed by atoms with Crippen LogP contribution in [0.2, 0.25) is 0 Å². The van der Waals surface area contributed by atoms with Crippen LogP contribution >= 0.6 is 0 Å². The lowest BCUT2D eigenvalue weighted by atomic mass is 9.74. The van der Waals surface area contributed by atoms with E-state index < -0.39 is 9.84 Å². The molecule has 156 valence electrons. The van der Waals surface area contributed by atoms with Crippen molar-refractivity contribution < 1.29 is 22.7 Å². The van der Waals surface area contributed by atoms with E-state index in [1.807, 2.05) is 24.3 Å². The Balaban J connectivity index is 1.84. The molecule has 0 unspecified atom stereocenters. The average Bonchev–Trinajstić information content (AvgIpc) is 2.78. The molecule has 0 atom stereocenters. The lowest BCUT2D eigenvalue weighted by molar-refractivity contribution is 0.0486. The molecule has 0 bridgehead atoms. The number of rotatable bonds is 7. The number of methoxy groups -OCH3 is 1. The number of benzene rings is 2. The van der Waals surface area contributed by atoms with Gasteiger partial charge in [0.15, 0.2) is 9.84 Å². The Labute approximate surface area is 172 Å². The normalized spacial score (nSPS) is 16.2. The van der Waals surface area contributed by atoms with Crippen molar-refractivity contribution in [2.24, 2.45) is 0 Å². The molecule has 0 aliphatic carbocycles. The summed E-state index contributed by atoms with van der Waals surface area (Å²) < 4.78 is 35.5. The second kappa shape index (κ2) is 8.97. The first-order chi connectivity index (χ1) is 13.9. The number of carbonyl (C=O) groups excluding carboxylic acids is 1. The lowest BCUT2D eigenvalue weighted by Gasteiger charge is -2.38. The van der Waals surface area contributed by atoms with Gasteiger partial charge in [-0.2, -0.15) is 0 Å². The Morgan fingerprint density at radius 2 is 1.76 bits per heavy atom. The molecule has 0 radical (unpaired) electrons. The molecular formula is C22H27NO5S. The second-order valence-electron chi connectivity index (χ2n) is 7.20. The Kier molecular flexibility index (Phi) is 6.59. The van der Waals surface area contributed by atoms with Crippen molar-refractivity contribution in [3.63, 3.8) is 0 Å². The highest BCUT2D eigenvalue weighted by atomic mass is 32.2. The van der Waals surface area contributed by atoms with Crippen LogP contribution in [0.5, 0.6) is 5.75 Å². The largest absolute Gasteiger partial charge is 0.497 e. The number of hydrogen-bond acceptors (Lipinski definition) is 5. The summed E-state index contributed by atoms with van der Waals surface area (Å²) in [5.41, 5.74) is 1.03. The first kappa shape index (κ1) is 21.3. The molecule has 1 fully saturated rings. The molecule has 0 spiro atoms. The maximum absolute atomic E-state index is 12.9. The Morgan fingerprint density at radius 3 is 2.38 bits per heavy atom. The summed E-state index contributed by atoms with van der Waals surface area (Å²) in [7, 11) is -1.86. The Bertz CT molecular complexity index is 947. The SMILES string of the molecule is CCS(=O)(=O)c1ccccc1C(=O)NCC1(c2ccc(OC)cc2)CCOCC1. The number of carbonyl (C=O) groups is 1. The standard InChI is InChI=1S/C22H27NO5S/c1-3-29(25,26)20-7-5-4-6-19(20)21(24)23-16-22(12-14-28-15-13-22)17-8-10-18(27-2)11-9-17/h4-11H,3,12-16H2,1-2H3,(H,23,24). The molecule has 7 heteroatoms. The molecule has 1 aliphatic rings. The highest BCUT2D eigenvalue weighted by molar-refractivity contribution is 7.91. The summed E-state index contributed by atoms with van der Waals surface area (Å²) in [5.74, 6) is 0.348. The summed E-state index contributed by atoms with van der Waals surface area (Å²) in [6, 6.07) is 14.2. The van der Waals surface area contributed by atoms with E-state index in [2.05, 4.69) is 5.32 Å². The fourth-order valence-electron chi connectivity index (χ4n) is 3.70. The van der Waals surface area contributed by atoms with Gasteiger partial charge in [-0.1, -0.05) is 31.2 Å². The maximum Gasteiger partial charge on any atom is 0.252 e. The zero-order valence-corrected chi connectivity index (χ0v) is 17.6. The quantitative estimate of drug-likeness (QED) is 0.749. The van der Waals surface area contributed by atoms with Crippen molar-refractivity contribution >= 4 is 15.7 Å². The predicted octanol–water partition coefficient (Wildman–Crippen LogP) is 2.97. The van der Waals surface area contributed by atoms with Gasteiger partial charge in [0.1, 0.15) is 5.75 Å². The van der Waals surface area contributed by atoms with Gasteiger partial charge in [-0.25, -0.2) is 8.42 Å². The molecule has 29 heavy (non-hydrogen) atoms. The van der Waals surface area contributed by atoms with E-state index >= 15 is 0 Å². The smallest absolute Gasteiger partial charge is 0.252 e. The highest BCUT2D eigenvalue weighted by Gasteiger charge is 2.35. The zero-order valence-electron chi connectivity index (χ0n) is 16.8. The number of nitrogens with one attached hydrogen (secondary N) is 1. The number of amides is 1. The van der Waals surface area contributed by atoms with E-state index in [0.29, 0.717) is 19.8 Å². The van der Waals surface area contributed by atoms with E-state index in [-0.39, 0.29) is 27.5 Å². The lowest BCUT2D eigenvalue weighted by Crippen LogP contribution is -2.44. The van der Waals surface area contributed by atoms with Gasteiger partial charge < -0.3 is 14.8 Å². The van der Waals surface area contributed by atoms with Crippen LogP contribution in [-0.2, 0) is 20.0 Å². The van der Waals surface area contributed by atoms with Crippen molar-refractivity contribution in [2.45, 2.75) is 30.1 Å². The van der Waals surface area contributed by atoms with Crippen LogP contribution in [-0.4, -0.2) is 46.9 Å². The third kappa shape index (κ3) is 4.62. The summed E-state index contributed by atoms with van der Waals surface area (Å²) in [4.78, 5) is 13.0. The van der Waals surface area contributed by atoms with Gasteiger partial charge in [-0.05, 0) is 42.7 Å². The molecule has 6 nitrogen and oxygen atoms in total. The third-order valence-corrected chi connectivity index (χ3v) is 7.37. The van der Waals surface area contributed by atoms with E-state index in [0.717, 1.165) is 24.2 Å². The van der Waals surface area contributed by atoms with Gasteiger partial charge in [0, 0.05) is 25.2 Å². The number of ether oxygens (including phenoxy) is 2. The highest BCUT2D eigenvalue weighted by Crippen LogP contribution is 2.35. The molecule has 2 aromatic rings. The van der Waals surface area contributed by atoms with E-state index in [4.69, 9.17) is 9.47 Å². The molecule has 1 amide bonds. The van der Waals surface area contributed by atoms with Crippen LogP contribution in [0.25, 0.3) is 0 Å². The van der Waals surface area contributed by atoms with Crippen LogP contribution in [0.3, 0.4) is 0 Å². The van der Waals surface area contributed by atoms with Gasteiger partial charge in [0.05, 0.1) is 23.3 Å². The van der Waals surface area contributed by atoms with Crippen LogP contribution in [0, 0.1) is 0 Å². The van der Waals surface area contributed by atoms with Crippen LogP contribution < -0.4 is 10.1 Å². The first-order valence-electron chi connectivity index (χ1n) is 9.74. The molecule has 1 N–H and O–H groups in total. The molecule has 1 heterocycles. The number of sulfone groups is 1. The molecule has 0 saturated carbocycles. The van der Waals surface area contributed by atoms with Gasteiger partial charge in [0.25, 0.3) is 5.91 Å². The van der Waals surface area contributed by atoms with Crippen molar-refractivity contribution in [3.05, 3.63) is 59.7 Å². The van der Waals surface area contributed by atoms with Crippen molar-refractivity contribution in [1.82, 2.24) is 5.32 Å². The molecule has 2 aromatic carbocycles. The number of hydrogen-bond donors (Lipinski definition) is 1. The minimum Gasteiger partial charge on any atom is -0.497 e. The Hall–Kier alpha value is -2.38. The van der Waals surface area contributed by atoms with Crippen LogP contribution in [0.1, 0.15) is 35.7 Å². The van der Waals surface area contributed by atoms with Gasteiger partial charge in [0.2, 0.25) is 0 Å². The van der Waals surface area contributed by atoms with Crippen LogP contribution in [0.15, 0.2) is 53.4 Å². The average molecular weight is 418 g/mol. The molecule has 3 rings (SSSR count). The Morgan fingerprint density at radius 1 is 1.10 bits per heavy atom. The monoisotopic (exact) mass is 417 g/mol. The minimum absolute atomic E-state index is 0.0512. The van der Waals surface area contributed by atoms with E-state index in [1.54, 1.807) is 32.2 Å². The molecular weight excluding hydrogens is 390 g/mol. The fraction of sp³-hybridized carbons (Fsp3) is 0.409. The topological polar surface area (TPSA) is 81.7 Å². The molecule has 1 saturated heterocycles. The maximum atomic E-state index is 12.9. The summed E-state index contributed by atoms with van der Waals surface area (Å²) in [6.07, 6.45) is 1.54. The minimum atomic E-state index is -3.49. The second-order valence-corrected chi connectivity index (χ2v) is 9.45. The third-order valence-electron chi connectivity index (χ3n) is 5.59. The first-order valence-corrected chi connectivity index (χ1v) is 11.4. The zero-order chi connectivity index (χ0) is 20.9. The summed E-state index contributed by atoms with van der Waals surface area (Å²) >= 11 is 0. The molecule has 0 aromatic heterocycles. The fourth-order valence-corrected chi connectivity index (χ4v) is 4.79. The molecule has 1 aliphatic heterocycles. The van der Waals surface area contributed by atoms with Gasteiger partial charge in [-0.3, -0.25) is 4.79 Å².